The van der Waals surface area contributed by atoms with E-state index in [0.29, 0.717) is 31.8 Å². The van der Waals surface area contributed by atoms with Gasteiger partial charge in [0.05, 0.1) is 13.5 Å². The van der Waals surface area contributed by atoms with Crippen LogP contribution in [0.5, 0.6) is 17.2 Å². The van der Waals surface area contributed by atoms with Gasteiger partial charge in [0, 0.05) is 35.0 Å². The van der Waals surface area contributed by atoms with E-state index >= 15 is 0 Å². The summed E-state index contributed by atoms with van der Waals surface area (Å²) in [6.07, 6.45) is 6.77. The number of Topliss-reactive ketones (excluding diaryl/α,β-unsaturated/α-hetero) is 1. The van der Waals surface area contributed by atoms with Crippen molar-refractivity contribution >= 4 is 22.6 Å². The second-order valence-electron chi connectivity index (χ2n) is 10.5. The van der Waals surface area contributed by atoms with Crippen LogP contribution in [0, 0.1) is 6.92 Å². The molecule has 0 unspecified atom stereocenters. The van der Waals surface area contributed by atoms with Crippen LogP contribution in [-0.2, 0) is 16.0 Å². The molecular weight excluding hydrogens is 520 g/mol. The Kier molecular flexibility index (Phi) is 8.91. The molecule has 2 aromatic heterocycles. The van der Waals surface area contributed by atoms with Crippen molar-refractivity contribution in [1.82, 2.24) is 15.3 Å². The SMILES string of the molecule is CCC(=O)CCCCC[C@H](NC(=O)Cc1c(C)[nH]c2ccc(OC)cc12)c1[nH]c(-c2ccc3c(c2)OCCO3)c[nH+]1. The van der Waals surface area contributed by atoms with Gasteiger partial charge in [0.1, 0.15) is 37.0 Å². The molecule has 4 aromatic rings. The molecule has 1 amide bonds. The van der Waals surface area contributed by atoms with Crippen LogP contribution in [0.1, 0.15) is 68.6 Å². The van der Waals surface area contributed by atoms with E-state index in [1.165, 1.54) is 0 Å². The molecule has 2 aromatic carbocycles. The number of carbonyl (C=O) groups excluding carboxylic acids is 2. The number of ketones is 1. The topological polar surface area (TPSA) is 120 Å². The molecule has 0 fully saturated rings. The highest BCUT2D eigenvalue weighted by atomic mass is 16.6. The van der Waals surface area contributed by atoms with Gasteiger partial charge in [0.15, 0.2) is 17.2 Å². The van der Waals surface area contributed by atoms with Crippen LogP contribution in [-0.4, -0.2) is 42.0 Å². The highest BCUT2D eigenvalue weighted by molar-refractivity contribution is 5.91. The summed E-state index contributed by atoms with van der Waals surface area (Å²) in [5.41, 5.74) is 4.76. The van der Waals surface area contributed by atoms with Gasteiger partial charge in [-0.15, -0.1) is 0 Å². The Labute approximate surface area is 240 Å². The van der Waals surface area contributed by atoms with Crippen molar-refractivity contribution < 1.29 is 28.8 Å². The smallest absolute Gasteiger partial charge is 0.275 e. The van der Waals surface area contributed by atoms with Gasteiger partial charge in [-0.25, -0.2) is 9.97 Å². The van der Waals surface area contributed by atoms with E-state index in [1.807, 2.05) is 56.4 Å². The summed E-state index contributed by atoms with van der Waals surface area (Å²) in [6.45, 7) is 4.97. The van der Waals surface area contributed by atoms with E-state index in [1.54, 1.807) is 7.11 Å². The number of methoxy groups -OCH3 is 1. The fraction of sp³-hybridized carbons (Fsp3) is 0.406. The largest absolute Gasteiger partial charge is 0.497 e. The molecule has 0 radical (unpaired) electrons. The van der Waals surface area contributed by atoms with Crippen LogP contribution in [0.4, 0.5) is 0 Å². The molecule has 0 spiro atoms. The van der Waals surface area contributed by atoms with Gasteiger partial charge in [-0.05, 0) is 61.7 Å². The maximum Gasteiger partial charge on any atom is 0.275 e. The fourth-order valence-corrected chi connectivity index (χ4v) is 5.36. The average molecular weight is 560 g/mol. The van der Waals surface area contributed by atoms with Gasteiger partial charge >= 0.3 is 0 Å². The number of rotatable bonds is 13. The van der Waals surface area contributed by atoms with Crippen LogP contribution < -0.4 is 24.5 Å². The zero-order valence-corrected chi connectivity index (χ0v) is 24.0. The highest BCUT2D eigenvalue weighted by Gasteiger charge is 2.25. The second kappa shape index (κ2) is 12.9. The van der Waals surface area contributed by atoms with Crippen LogP contribution in [0.2, 0.25) is 0 Å². The van der Waals surface area contributed by atoms with Crippen molar-refractivity contribution in [2.24, 2.45) is 0 Å². The minimum atomic E-state index is -0.240. The molecule has 4 N–H and O–H groups in total. The summed E-state index contributed by atoms with van der Waals surface area (Å²) >= 11 is 0. The first-order chi connectivity index (χ1) is 19.9. The summed E-state index contributed by atoms with van der Waals surface area (Å²) in [7, 11) is 1.64. The van der Waals surface area contributed by atoms with Crippen molar-refractivity contribution in [2.45, 2.75) is 64.8 Å². The van der Waals surface area contributed by atoms with E-state index in [2.05, 4.69) is 20.3 Å². The van der Waals surface area contributed by atoms with E-state index < -0.39 is 0 Å². The summed E-state index contributed by atoms with van der Waals surface area (Å²) in [4.78, 5) is 35.4. The predicted octanol–water partition coefficient (Wildman–Crippen LogP) is 5.39. The summed E-state index contributed by atoms with van der Waals surface area (Å²) in [6, 6.07) is 11.5. The molecule has 41 heavy (non-hydrogen) atoms. The molecule has 3 heterocycles. The molecule has 0 bridgehead atoms. The number of unbranched alkanes of at least 4 members (excludes halogenated alkanes) is 2. The number of carbonyl (C=O) groups is 2. The van der Waals surface area contributed by atoms with E-state index in [4.69, 9.17) is 14.2 Å². The second-order valence-corrected chi connectivity index (χ2v) is 10.5. The Hall–Kier alpha value is -4.27. The highest BCUT2D eigenvalue weighted by Crippen LogP contribution is 2.34. The third-order valence-electron chi connectivity index (χ3n) is 7.68. The molecule has 0 saturated carbocycles. The zero-order valence-electron chi connectivity index (χ0n) is 24.0. The molecule has 5 rings (SSSR count). The number of amides is 1. The van der Waals surface area contributed by atoms with Crippen molar-refractivity contribution in [3.8, 4) is 28.5 Å². The van der Waals surface area contributed by atoms with Crippen LogP contribution in [0.3, 0.4) is 0 Å². The standard InChI is InChI=1S/C32H38N4O5/c1-4-22(37)8-6-5-7-9-27(32-33-19-28(36-32)21-10-13-29-30(16-21)41-15-14-40-29)35-31(38)18-24-20(2)34-26-12-11-23(39-3)17-25(24)26/h10-13,16-17,19,27,34H,4-9,14-15,18H2,1-3H3,(H,33,36)(H,35,38)/p+1/t27-/m0/s1. The minimum absolute atomic E-state index is 0.0631. The Bertz CT molecular complexity index is 1520. The lowest BCUT2D eigenvalue weighted by Gasteiger charge is -2.18. The number of fused-ring (bicyclic) bond motifs is 2. The van der Waals surface area contributed by atoms with E-state index in [9.17, 15) is 9.59 Å². The Morgan fingerprint density at radius 2 is 1.88 bits per heavy atom. The molecule has 0 saturated heterocycles. The van der Waals surface area contributed by atoms with Gasteiger partial charge in [-0.2, -0.15) is 0 Å². The Morgan fingerprint density at radius 3 is 2.68 bits per heavy atom. The van der Waals surface area contributed by atoms with E-state index in [0.717, 1.165) is 82.2 Å². The summed E-state index contributed by atoms with van der Waals surface area (Å²) < 4.78 is 16.8. The number of nitrogens with one attached hydrogen (secondary N) is 4. The maximum atomic E-state index is 13.4. The normalized spacial score (nSPS) is 13.2. The average Bonchev–Trinajstić information content (AvgIpc) is 3.60. The number of imidazole rings is 1. The first kappa shape index (κ1) is 28.3. The Morgan fingerprint density at radius 1 is 1.05 bits per heavy atom. The van der Waals surface area contributed by atoms with Gasteiger partial charge in [0.2, 0.25) is 5.91 Å². The molecule has 0 aliphatic carbocycles. The van der Waals surface area contributed by atoms with Gasteiger partial charge < -0.3 is 24.5 Å². The van der Waals surface area contributed by atoms with Crippen molar-refractivity contribution in [3.63, 3.8) is 0 Å². The van der Waals surface area contributed by atoms with Gasteiger partial charge in [-0.1, -0.05) is 19.8 Å². The number of benzene rings is 2. The first-order valence-corrected chi connectivity index (χ1v) is 14.4. The summed E-state index contributed by atoms with van der Waals surface area (Å²) in [5, 5.41) is 4.25. The lowest BCUT2D eigenvalue weighted by atomic mass is 10.0. The molecule has 216 valence electrons. The third-order valence-corrected chi connectivity index (χ3v) is 7.68. The van der Waals surface area contributed by atoms with Gasteiger partial charge in [-0.3, -0.25) is 9.59 Å². The van der Waals surface area contributed by atoms with Crippen LogP contribution >= 0.6 is 0 Å². The number of hydrogen-bond donors (Lipinski definition) is 3. The lowest BCUT2D eigenvalue weighted by molar-refractivity contribution is -0.391. The maximum absolute atomic E-state index is 13.4. The number of aromatic amines is 3. The van der Waals surface area contributed by atoms with Gasteiger partial charge in [0.25, 0.3) is 5.82 Å². The monoisotopic (exact) mass is 559 g/mol. The molecular formula is C32H39N4O5+. The lowest BCUT2D eigenvalue weighted by Crippen LogP contribution is -2.33. The quantitative estimate of drug-likeness (QED) is 0.190. The number of H-pyrrole nitrogens is 3. The molecule has 9 nitrogen and oxygen atoms in total. The minimum Gasteiger partial charge on any atom is -0.497 e. The van der Waals surface area contributed by atoms with Crippen molar-refractivity contribution in [2.75, 3.05) is 20.3 Å². The molecule has 1 aliphatic rings. The zero-order chi connectivity index (χ0) is 28.8. The predicted molar refractivity (Wildman–Crippen MR) is 156 cm³/mol. The number of aryl methyl sites for hydroxylation is 1. The van der Waals surface area contributed by atoms with E-state index in [-0.39, 0.29) is 18.4 Å². The first-order valence-electron chi connectivity index (χ1n) is 14.4. The van der Waals surface area contributed by atoms with Crippen LogP contribution in [0.25, 0.3) is 22.2 Å². The Balaban J connectivity index is 1.32. The summed E-state index contributed by atoms with van der Waals surface area (Å²) in [5.74, 6) is 3.28. The molecule has 1 atom stereocenters. The number of hydrogen-bond acceptors (Lipinski definition) is 5. The number of aromatic nitrogens is 3. The number of ether oxygens (including phenoxy) is 3. The van der Waals surface area contributed by atoms with Crippen molar-refractivity contribution in [3.05, 3.63) is 59.7 Å². The molecule has 9 heteroatoms. The third kappa shape index (κ3) is 6.73. The van der Waals surface area contributed by atoms with Crippen molar-refractivity contribution in [1.29, 1.82) is 0 Å². The van der Waals surface area contributed by atoms with Crippen LogP contribution in [0.15, 0.2) is 42.6 Å². The fourth-order valence-electron chi connectivity index (χ4n) is 5.36. The molecule has 1 aliphatic heterocycles.